The first-order valence-corrected chi connectivity index (χ1v) is 5.50. The molecular formula is C11H7F3N6. The van der Waals surface area contributed by atoms with Gasteiger partial charge < -0.3 is 0 Å². The van der Waals surface area contributed by atoms with E-state index in [2.05, 4.69) is 20.5 Å². The lowest BCUT2D eigenvalue weighted by Gasteiger charge is -2.13. The van der Waals surface area contributed by atoms with Crippen molar-refractivity contribution in [2.45, 2.75) is 6.18 Å². The third-order valence-electron chi connectivity index (χ3n) is 2.61. The lowest BCUT2D eigenvalue weighted by molar-refractivity contribution is -0.137. The van der Waals surface area contributed by atoms with E-state index < -0.39 is 11.7 Å². The van der Waals surface area contributed by atoms with Gasteiger partial charge in [0, 0.05) is 0 Å². The van der Waals surface area contributed by atoms with Crippen LogP contribution in [0.5, 0.6) is 0 Å². The van der Waals surface area contributed by atoms with Gasteiger partial charge in [-0.3, -0.25) is 0 Å². The van der Waals surface area contributed by atoms with Crippen LogP contribution in [0, 0.1) is 0 Å². The van der Waals surface area contributed by atoms with Crippen LogP contribution in [-0.4, -0.2) is 30.0 Å². The molecule has 9 heteroatoms. The van der Waals surface area contributed by atoms with Crippen molar-refractivity contribution in [3.63, 3.8) is 0 Å². The van der Waals surface area contributed by atoms with Crippen LogP contribution in [0.25, 0.3) is 11.4 Å². The predicted octanol–water partition coefficient (Wildman–Crippen LogP) is 1.87. The molecule has 0 fully saturated rings. The second-order valence-corrected chi connectivity index (χ2v) is 3.87. The van der Waals surface area contributed by atoms with E-state index in [4.69, 9.17) is 0 Å². The summed E-state index contributed by atoms with van der Waals surface area (Å²) in [6, 6.07) is 3.76. The minimum atomic E-state index is -4.53. The van der Waals surface area contributed by atoms with Gasteiger partial charge in [-0.2, -0.15) is 28.2 Å². The number of hydrogen-bond donors (Lipinski definition) is 0. The maximum Gasteiger partial charge on any atom is 0.418 e. The van der Waals surface area contributed by atoms with E-state index in [1.165, 1.54) is 41.6 Å². The number of alkyl halides is 3. The molecule has 3 rings (SSSR count). The van der Waals surface area contributed by atoms with Crippen molar-refractivity contribution in [2.24, 2.45) is 0 Å². The fraction of sp³-hybridized carbons (Fsp3) is 0.0909. The maximum absolute atomic E-state index is 13.1. The number of rotatable bonds is 2. The Morgan fingerprint density at radius 1 is 1.00 bits per heavy atom. The minimum absolute atomic E-state index is 0.147. The summed E-state index contributed by atoms with van der Waals surface area (Å²) in [5, 5.41) is 14.7. The summed E-state index contributed by atoms with van der Waals surface area (Å²) in [7, 11) is 0. The minimum Gasteiger partial charge on any atom is -0.221 e. The van der Waals surface area contributed by atoms with Gasteiger partial charge in [-0.05, 0) is 18.2 Å². The Hall–Kier alpha value is -2.71. The van der Waals surface area contributed by atoms with E-state index in [-0.39, 0.29) is 11.4 Å². The van der Waals surface area contributed by atoms with Crippen molar-refractivity contribution in [1.29, 1.82) is 0 Å². The van der Waals surface area contributed by atoms with E-state index in [1.54, 1.807) is 0 Å². The molecule has 0 unspecified atom stereocenters. The molecule has 0 saturated heterocycles. The van der Waals surface area contributed by atoms with Crippen LogP contribution < -0.4 is 0 Å². The average molecular weight is 280 g/mol. The molecule has 0 saturated carbocycles. The monoisotopic (exact) mass is 280 g/mol. The zero-order valence-electron chi connectivity index (χ0n) is 9.86. The molecule has 6 nitrogen and oxygen atoms in total. The van der Waals surface area contributed by atoms with Crippen molar-refractivity contribution in [2.75, 3.05) is 0 Å². The van der Waals surface area contributed by atoms with Crippen LogP contribution in [0.3, 0.4) is 0 Å². The first kappa shape index (κ1) is 12.3. The molecule has 102 valence electrons. The highest BCUT2D eigenvalue weighted by Crippen LogP contribution is 2.34. The molecule has 0 spiro atoms. The van der Waals surface area contributed by atoms with Gasteiger partial charge in [-0.15, -0.1) is 5.10 Å². The summed E-state index contributed by atoms with van der Waals surface area (Å²) in [6.07, 6.45) is 0.939. The molecular weight excluding hydrogens is 273 g/mol. The fourth-order valence-electron chi connectivity index (χ4n) is 1.75. The maximum atomic E-state index is 13.1. The Balaban J connectivity index is 2.17. The summed E-state index contributed by atoms with van der Waals surface area (Å²) >= 11 is 0. The van der Waals surface area contributed by atoms with Crippen molar-refractivity contribution < 1.29 is 13.2 Å². The molecule has 0 radical (unpaired) electrons. The van der Waals surface area contributed by atoms with E-state index in [9.17, 15) is 13.2 Å². The molecule has 0 amide bonds. The normalized spacial score (nSPS) is 11.8. The zero-order valence-corrected chi connectivity index (χ0v) is 9.86. The molecule has 3 aromatic rings. The van der Waals surface area contributed by atoms with Crippen LogP contribution in [-0.2, 0) is 6.18 Å². The molecule has 0 N–H and O–H groups in total. The van der Waals surface area contributed by atoms with Crippen molar-refractivity contribution in [3.8, 4) is 11.4 Å². The van der Waals surface area contributed by atoms with Crippen LogP contribution in [0.15, 0.2) is 43.0 Å². The fourth-order valence-corrected chi connectivity index (χ4v) is 1.75. The lowest BCUT2D eigenvalue weighted by atomic mass is 10.1. The number of hydrogen-bond acceptors (Lipinski definition) is 4. The van der Waals surface area contributed by atoms with Gasteiger partial charge in [0.05, 0.1) is 41.7 Å². The van der Waals surface area contributed by atoms with Gasteiger partial charge in [-0.1, -0.05) is 5.21 Å². The first-order valence-electron chi connectivity index (χ1n) is 5.50. The third-order valence-corrected chi connectivity index (χ3v) is 2.61. The number of nitrogens with zero attached hydrogens (tertiary/aromatic N) is 6. The molecule has 0 aliphatic rings. The van der Waals surface area contributed by atoms with E-state index in [0.717, 1.165) is 10.9 Å². The Morgan fingerprint density at radius 3 is 2.35 bits per heavy atom. The SMILES string of the molecule is FC(F)(F)c1cc(-n2ccnn2)ccc1-n1nccn1. The topological polar surface area (TPSA) is 61.4 Å². The van der Waals surface area contributed by atoms with Gasteiger partial charge in [0.1, 0.15) is 0 Å². The highest BCUT2D eigenvalue weighted by atomic mass is 19.4. The van der Waals surface area contributed by atoms with E-state index in [1.807, 2.05) is 0 Å². The van der Waals surface area contributed by atoms with Gasteiger partial charge in [0.25, 0.3) is 0 Å². The predicted molar refractivity (Wildman–Crippen MR) is 61.3 cm³/mol. The standard InChI is InChI=1S/C11H7F3N6/c12-11(13,14)9-7-8(19-6-5-15-18-19)1-2-10(9)20-16-3-4-17-20/h1-7H. The molecule has 0 atom stereocenters. The summed E-state index contributed by atoms with van der Waals surface area (Å²) in [5.41, 5.74) is -0.737. The molecule has 2 heterocycles. The molecule has 0 aliphatic heterocycles. The Labute approximate surface area is 110 Å². The van der Waals surface area contributed by atoms with Gasteiger partial charge in [-0.25, -0.2) is 4.68 Å². The Morgan fingerprint density at radius 2 is 1.75 bits per heavy atom. The largest absolute Gasteiger partial charge is 0.418 e. The summed E-state index contributed by atoms with van der Waals surface area (Å²) in [5.74, 6) is 0. The number of benzene rings is 1. The highest BCUT2D eigenvalue weighted by Gasteiger charge is 2.35. The third kappa shape index (κ3) is 2.13. The smallest absolute Gasteiger partial charge is 0.221 e. The molecule has 2 aromatic heterocycles. The molecule has 20 heavy (non-hydrogen) atoms. The van der Waals surface area contributed by atoms with Crippen LogP contribution in [0.1, 0.15) is 5.56 Å². The number of aromatic nitrogens is 6. The average Bonchev–Trinajstić information content (AvgIpc) is 3.10. The Bertz CT molecular complexity index is 702. The van der Waals surface area contributed by atoms with Crippen LogP contribution in [0.4, 0.5) is 13.2 Å². The van der Waals surface area contributed by atoms with Crippen molar-refractivity contribution >= 4 is 0 Å². The first-order chi connectivity index (χ1) is 9.55. The van der Waals surface area contributed by atoms with Crippen molar-refractivity contribution in [3.05, 3.63) is 48.5 Å². The lowest BCUT2D eigenvalue weighted by Crippen LogP contribution is -2.13. The van der Waals surface area contributed by atoms with E-state index >= 15 is 0 Å². The van der Waals surface area contributed by atoms with Gasteiger partial charge in [0.15, 0.2) is 0 Å². The molecule has 0 bridgehead atoms. The second-order valence-electron chi connectivity index (χ2n) is 3.87. The summed E-state index contributed by atoms with van der Waals surface area (Å²) in [4.78, 5) is 0.925. The summed E-state index contributed by atoms with van der Waals surface area (Å²) in [6.45, 7) is 0. The van der Waals surface area contributed by atoms with Crippen LogP contribution in [0.2, 0.25) is 0 Å². The van der Waals surface area contributed by atoms with Crippen LogP contribution >= 0.6 is 0 Å². The van der Waals surface area contributed by atoms with Gasteiger partial charge >= 0.3 is 6.18 Å². The highest BCUT2D eigenvalue weighted by molar-refractivity contribution is 5.48. The molecule has 1 aromatic carbocycles. The zero-order chi connectivity index (χ0) is 14.2. The summed E-state index contributed by atoms with van der Waals surface area (Å²) < 4.78 is 40.7. The number of halogens is 3. The second kappa shape index (κ2) is 4.44. The quantitative estimate of drug-likeness (QED) is 0.719. The Kier molecular flexibility index (Phi) is 2.74. The van der Waals surface area contributed by atoms with Gasteiger partial charge in [0.2, 0.25) is 0 Å². The van der Waals surface area contributed by atoms with Crippen molar-refractivity contribution in [1.82, 2.24) is 30.0 Å². The van der Waals surface area contributed by atoms with E-state index in [0.29, 0.717) is 0 Å². The molecule has 0 aliphatic carbocycles.